The van der Waals surface area contributed by atoms with Gasteiger partial charge in [0.25, 0.3) is 5.91 Å². The van der Waals surface area contributed by atoms with E-state index in [2.05, 4.69) is 15.2 Å². The predicted octanol–water partition coefficient (Wildman–Crippen LogP) is 3.69. The third-order valence-electron chi connectivity index (χ3n) is 3.89. The molecule has 1 aromatic heterocycles. The van der Waals surface area contributed by atoms with Crippen LogP contribution in [0.25, 0.3) is 0 Å². The molecule has 2 aromatic carbocycles. The van der Waals surface area contributed by atoms with Gasteiger partial charge >= 0.3 is 5.97 Å². The number of anilines is 1. The number of benzene rings is 2. The number of methoxy groups -OCH3 is 1. The molecule has 0 saturated carbocycles. The second-order valence-electron chi connectivity index (χ2n) is 5.95. The van der Waals surface area contributed by atoms with Crippen LogP contribution in [0.15, 0.2) is 54.7 Å². The minimum atomic E-state index is -0.620. The summed E-state index contributed by atoms with van der Waals surface area (Å²) in [4.78, 5) is 24.2. The Hall–Kier alpha value is -3.32. The number of halogens is 1. The fourth-order valence-electron chi connectivity index (χ4n) is 2.47. The van der Waals surface area contributed by atoms with E-state index in [4.69, 9.17) is 16.3 Å². The van der Waals surface area contributed by atoms with Crippen LogP contribution in [0.1, 0.15) is 26.4 Å². The van der Waals surface area contributed by atoms with E-state index >= 15 is 0 Å². The quantitative estimate of drug-likeness (QED) is 0.639. The minimum absolute atomic E-state index is 0.0475. The molecule has 0 aliphatic rings. The van der Waals surface area contributed by atoms with E-state index in [1.807, 2.05) is 0 Å². The number of aryl methyl sites for hydroxylation is 1. The summed E-state index contributed by atoms with van der Waals surface area (Å²) in [5.41, 5.74) is 1.68. The maximum atomic E-state index is 12.5. The molecule has 0 bridgehead atoms. The highest BCUT2D eigenvalue weighted by Gasteiger charge is 2.19. The molecule has 144 valence electrons. The number of carbonyl (C=O) groups excluding carboxylic acids is 2. The lowest BCUT2D eigenvalue weighted by molar-refractivity contribution is 0.0594. The molecule has 0 aliphatic heterocycles. The van der Waals surface area contributed by atoms with Crippen molar-refractivity contribution in [1.82, 2.24) is 9.78 Å². The Kier molecular flexibility index (Phi) is 5.96. The van der Waals surface area contributed by atoms with Crippen molar-refractivity contribution in [3.63, 3.8) is 0 Å². The first-order valence-corrected chi connectivity index (χ1v) is 8.74. The van der Waals surface area contributed by atoms with Gasteiger partial charge in [0.15, 0.2) is 5.69 Å². The molecule has 1 heterocycles. The zero-order valence-electron chi connectivity index (χ0n) is 15.3. The van der Waals surface area contributed by atoms with Crippen molar-refractivity contribution in [2.24, 2.45) is 7.05 Å². The van der Waals surface area contributed by atoms with Crippen LogP contribution in [-0.4, -0.2) is 28.8 Å². The van der Waals surface area contributed by atoms with E-state index in [0.29, 0.717) is 22.9 Å². The SMILES string of the molecule is COC(=O)c1nn(C)cc1NC(=O)c1ccc(COc2ccc(Cl)cc2)cc1. The largest absolute Gasteiger partial charge is 0.489 e. The van der Waals surface area contributed by atoms with Crippen LogP contribution in [0.5, 0.6) is 5.75 Å². The van der Waals surface area contributed by atoms with E-state index in [0.717, 1.165) is 5.56 Å². The molecule has 0 atom stereocenters. The molecule has 8 heteroatoms. The molecule has 7 nitrogen and oxygen atoms in total. The van der Waals surface area contributed by atoms with Crippen LogP contribution in [0.4, 0.5) is 5.69 Å². The van der Waals surface area contributed by atoms with Gasteiger partial charge in [-0.3, -0.25) is 9.48 Å². The number of nitrogens with zero attached hydrogens (tertiary/aromatic N) is 2. The minimum Gasteiger partial charge on any atom is -0.489 e. The fourth-order valence-corrected chi connectivity index (χ4v) is 2.60. The number of ether oxygens (including phenoxy) is 2. The number of esters is 1. The van der Waals surface area contributed by atoms with E-state index in [-0.39, 0.29) is 17.3 Å². The number of amides is 1. The Morgan fingerprint density at radius 2 is 1.79 bits per heavy atom. The van der Waals surface area contributed by atoms with E-state index in [1.54, 1.807) is 61.8 Å². The molecule has 0 radical (unpaired) electrons. The third kappa shape index (κ3) is 4.69. The Bertz CT molecular complexity index is 982. The van der Waals surface area contributed by atoms with Crippen molar-refractivity contribution in [1.29, 1.82) is 0 Å². The third-order valence-corrected chi connectivity index (χ3v) is 4.14. The average molecular weight is 400 g/mol. The van der Waals surface area contributed by atoms with Gasteiger partial charge in [-0.1, -0.05) is 23.7 Å². The summed E-state index contributed by atoms with van der Waals surface area (Å²) >= 11 is 5.85. The van der Waals surface area contributed by atoms with Crippen molar-refractivity contribution in [3.05, 3.63) is 76.6 Å². The highest BCUT2D eigenvalue weighted by Crippen LogP contribution is 2.18. The molecule has 1 amide bonds. The molecular formula is C20H18ClN3O4. The van der Waals surface area contributed by atoms with Crippen molar-refractivity contribution in [2.45, 2.75) is 6.61 Å². The van der Waals surface area contributed by atoms with Crippen LogP contribution >= 0.6 is 11.6 Å². The van der Waals surface area contributed by atoms with Gasteiger partial charge in [0.2, 0.25) is 0 Å². The monoisotopic (exact) mass is 399 g/mol. The van der Waals surface area contributed by atoms with Gasteiger partial charge in [-0.25, -0.2) is 4.79 Å². The van der Waals surface area contributed by atoms with Crippen molar-refractivity contribution >= 4 is 29.2 Å². The second-order valence-corrected chi connectivity index (χ2v) is 6.39. The normalized spacial score (nSPS) is 10.4. The molecule has 0 saturated heterocycles. The molecule has 3 rings (SSSR count). The lowest BCUT2D eigenvalue weighted by Gasteiger charge is -2.08. The predicted molar refractivity (Wildman–Crippen MR) is 105 cm³/mol. The van der Waals surface area contributed by atoms with Crippen LogP contribution in [-0.2, 0) is 18.4 Å². The topological polar surface area (TPSA) is 82.5 Å². The summed E-state index contributed by atoms with van der Waals surface area (Å²) in [5, 5.41) is 7.33. The van der Waals surface area contributed by atoms with Gasteiger partial charge in [0.1, 0.15) is 12.4 Å². The second kappa shape index (κ2) is 8.58. The zero-order chi connectivity index (χ0) is 20.1. The van der Waals surface area contributed by atoms with Gasteiger partial charge in [-0.15, -0.1) is 0 Å². The molecule has 0 aliphatic carbocycles. The summed E-state index contributed by atoms with van der Waals surface area (Å²) < 4.78 is 11.8. The summed E-state index contributed by atoms with van der Waals surface area (Å²) in [6.07, 6.45) is 1.54. The molecule has 0 fully saturated rings. The number of rotatable bonds is 6. The van der Waals surface area contributed by atoms with Crippen molar-refractivity contribution in [3.8, 4) is 5.75 Å². The summed E-state index contributed by atoms with van der Waals surface area (Å²) in [5.74, 6) is -0.271. The first kappa shape index (κ1) is 19.4. The standard InChI is InChI=1S/C20H18ClN3O4/c1-24-11-17(18(23-24)20(26)27-2)22-19(25)14-5-3-13(4-6-14)12-28-16-9-7-15(21)8-10-16/h3-11H,12H2,1-2H3,(H,22,25). The number of aromatic nitrogens is 2. The summed E-state index contributed by atoms with van der Waals surface area (Å²) in [6.45, 7) is 0.360. The molecule has 0 spiro atoms. The number of hydrogen-bond donors (Lipinski definition) is 1. The highest BCUT2D eigenvalue weighted by molar-refractivity contribution is 6.30. The molecule has 1 N–H and O–H groups in total. The lowest BCUT2D eigenvalue weighted by atomic mass is 10.1. The summed E-state index contributed by atoms with van der Waals surface area (Å²) in [7, 11) is 2.91. The lowest BCUT2D eigenvalue weighted by Crippen LogP contribution is -2.14. The van der Waals surface area contributed by atoms with Gasteiger partial charge < -0.3 is 14.8 Å². The van der Waals surface area contributed by atoms with E-state index in [9.17, 15) is 9.59 Å². The average Bonchev–Trinajstić information content (AvgIpc) is 3.07. The molecular weight excluding hydrogens is 382 g/mol. The Morgan fingerprint density at radius 3 is 2.43 bits per heavy atom. The van der Waals surface area contributed by atoms with E-state index < -0.39 is 5.97 Å². The van der Waals surface area contributed by atoms with E-state index in [1.165, 1.54) is 11.8 Å². The first-order chi connectivity index (χ1) is 13.5. The fraction of sp³-hybridized carbons (Fsp3) is 0.150. The number of nitrogens with one attached hydrogen (secondary N) is 1. The maximum Gasteiger partial charge on any atom is 0.360 e. The van der Waals surface area contributed by atoms with Crippen LogP contribution in [0, 0.1) is 0 Å². The van der Waals surface area contributed by atoms with Gasteiger partial charge in [0, 0.05) is 23.8 Å². The first-order valence-electron chi connectivity index (χ1n) is 8.37. The smallest absolute Gasteiger partial charge is 0.360 e. The van der Waals surface area contributed by atoms with Gasteiger partial charge in [-0.05, 0) is 42.0 Å². The zero-order valence-corrected chi connectivity index (χ0v) is 16.1. The van der Waals surface area contributed by atoms with Crippen LogP contribution < -0.4 is 10.1 Å². The molecule has 28 heavy (non-hydrogen) atoms. The number of carbonyl (C=O) groups is 2. The van der Waals surface area contributed by atoms with Crippen molar-refractivity contribution in [2.75, 3.05) is 12.4 Å². The van der Waals surface area contributed by atoms with Crippen molar-refractivity contribution < 1.29 is 19.1 Å². The van der Waals surface area contributed by atoms with Gasteiger partial charge in [-0.2, -0.15) is 5.10 Å². The molecule has 0 unspecified atom stereocenters. The van der Waals surface area contributed by atoms with Gasteiger partial charge in [0.05, 0.1) is 12.8 Å². The number of hydrogen-bond acceptors (Lipinski definition) is 5. The van der Waals surface area contributed by atoms with Crippen LogP contribution in [0.3, 0.4) is 0 Å². The van der Waals surface area contributed by atoms with Crippen LogP contribution in [0.2, 0.25) is 5.02 Å². The summed E-state index contributed by atoms with van der Waals surface area (Å²) in [6, 6.07) is 14.1. The maximum absolute atomic E-state index is 12.5. The highest BCUT2D eigenvalue weighted by atomic mass is 35.5. The Labute approximate surface area is 166 Å². The Balaban J connectivity index is 1.64. The Morgan fingerprint density at radius 1 is 1.11 bits per heavy atom. The molecule has 3 aromatic rings.